The Morgan fingerprint density at radius 3 is 2.54 bits per heavy atom. The number of amides is 3. The molecule has 23 heteroatoms. The largest absolute Gasteiger partial charge is 0.504 e. The molecule has 1 aromatic heterocycles. The van der Waals surface area contributed by atoms with Crippen LogP contribution in [0.15, 0.2) is 27.8 Å². The number of carboxylic acid groups (broad SMARTS) is 2. The summed E-state index contributed by atoms with van der Waals surface area (Å²) in [6.45, 7) is 3.71. The summed E-state index contributed by atoms with van der Waals surface area (Å²) in [7, 11) is 0. The van der Waals surface area contributed by atoms with Gasteiger partial charge in [-0.2, -0.15) is 5.10 Å². The molecule has 0 saturated carbocycles. The number of carboxylic acids is 2. The second-order valence-corrected chi connectivity index (χ2v) is 16.2. The number of nitrogens with one attached hydrogen (secondary N) is 2. The van der Waals surface area contributed by atoms with E-state index in [9.17, 15) is 44.4 Å². The number of anilines is 1. The maximum Gasteiger partial charge on any atom is 0.350 e. The first-order chi connectivity index (χ1) is 24.5. The quantitative estimate of drug-likeness (QED) is 0.0440. The molecule has 4 heterocycles. The highest BCUT2D eigenvalue weighted by Crippen LogP contribution is 2.52. The van der Waals surface area contributed by atoms with E-state index in [-0.39, 0.29) is 46.0 Å². The van der Waals surface area contributed by atoms with E-state index < -0.39 is 68.0 Å². The van der Waals surface area contributed by atoms with Gasteiger partial charge in [0.1, 0.15) is 17.1 Å². The summed E-state index contributed by atoms with van der Waals surface area (Å²) in [4.78, 5) is 74.4. The van der Waals surface area contributed by atoms with Crippen LogP contribution in [0.5, 0.6) is 11.5 Å². The van der Waals surface area contributed by atoms with Gasteiger partial charge in [0.25, 0.3) is 11.8 Å². The normalized spacial score (nSPS) is 22.0. The van der Waals surface area contributed by atoms with Crippen molar-refractivity contribution in [1.29, 1.82) is 0 Å². The Labute approximate surface area is 312 Å². The number of hydrazone groups is 1. The average molecular weight is 801 g/mol. The number of phenols is 2. The van der Waals surface area contributed by atoms with Crippen LogP contribution < -0.4 is 16.4 Å². The van der Waals surface area contributed by atoms with E-state index in [0.717, 1.165) is 34.9 Å². The first kappa shape index (κ1) is 38.7. The zero-order valence-electron chi connectivity index (χ0n) is 27.4. The minimum Gasteiger partial charge on any atom is -0.504 e. The Morgan fingerprint density at radius 1 is 1.19 bits per heavy atom. The van der Waals surface area contributed by atoms with E-state index in [2.05, 4.69) is 25.9 Å². The molecule has 280 valence electrons. The monoisotopic (exact) mass is 800 g/mol. The van der Waals surface area contributed by atoms with Gasteiger partial charge in [0.15, 0.2) is 32.1 Å². The second-order valence-electron chi connectivity index (χ2n) is 11.8. The number of carbonyl (C=O) groups is 5. The predicted octanol–water partition coefficient (Wildman–Crippen LogP) is 0.141. The van der Waals surface area contributed by atoms with Crippen molar-refractivity contribution in [1.82, 2.24) is 25.5 Å². The number of benzene rings is 1. The lowest BCUT2D eigenvalue weighted by Gasteiger charge is -2.41. The van der Waals surface area contributed by atoms with E-state index in [0.29, 0.717) is 26.3 Å². The third-order valence-corrected chi connectivity index (χ3v) is 12.1. The topological polar surface area (TPSA) is 279 Å². The molecule has 3 saturated heterocycles. The standard InChI is InChI=1S/C29H33ClN8O11S3/c1-28(2,25(44)45)49-36-18(14-11-50-27(31)33-14)22(42)34-19-23(43)38-12-29(26(46)47,52-24(19)38)51-10-5-32-21(41)17(35-37-6-8-48-9-7-37)13-3-4-15(39)20(40)16(13)30/h3-4,11,19,24,39-40H,5-10,12H2,1-2H3,(H2,31,33)(H,32,41)(H,34,42)(H,44,45)(H,46,47)/b35-17-,36-18-/t19-,24-,29?/m1/s1. The van der Waals surface area contributed by atoms with Gasteiger partial charge in [-0.3, -0.25) is 19.4 Å². The van der Waals surface area contributed by atoms with E-state index >= 15 is 0 Å². The fraction of sp³-hybridized carbons (Fsp3) is 0.448. The number of hydrogen-bond acceptors (Lipinski definition) is 17. The molecule has 0 bridgehead atoms. The number of carbonyl (C=O) groups excluding carboxylic acids is 3. The molecule has 1 aromatic carbocycles. The third kappa shape index (κ3) is 8.09. The molecule has 1 unspecified atom stereocenters. The molecule has 0 aliphatic carbocycles. The van der Waals surface area contributed by atoms with Crippen molar-refractivity contribution in [3.8, 4) is 11.5 Å². The number of aliphatic carboxylic acids is 2. The Bertz CT molecular complexity index is 1840. The maximum atomic E-state index is 13.4. The number of nitrogens with two attached hydrogens (primary N) is 1. The summed E-state index contributed by atoms with van der Waals surface area (Å²) < 4.78 is 3.77. The Balaban J connectivity index is 1.24. The number of thioether (sulfide) groups is 2. The van der Waals surface area contributed by atoms with Crippen LogP contribution in [0.25, 0.3) is 0 Å². The number of aromatic nitrogens is 1. The highest BCUT2D eigenvalue weighted by molar-refractivity contribution is 8.20. The van der Waals surface area contributed by atoms with Crippen molar-refractivity contribution in [2.45, 2.75) is 34.9 Å². The SMILES string of the molecule is CC(C)(O/N=C(\C(=O)N[C@@H]1C(=O)N2CC(SCCNC(=O)/C(=N\N3CCOCC3)c3ccc(O)c(O)c3Cl)(C(=O)O)S[C@H]12)c1csc(N)n1)C(=O)O. The molecule has 3 aliphatic heterocycles. The van der Waals surface area contributed by atoms with Crippen molar-refractivity contribution in [2.75, 3.05) is 50.9 Å². The van der Waals surface area contributed by atoms with Gasteiger partial charge in [-0.25, -0.2) is 14.6 Å². The number of thiazole rings is 1. The molecule has 8 N–H and O–H groups in total. The van der Waals surface area contributed by atoms with Crippen LogP contribution in [0.1, 0.15) is 25.1 Å². The van der Waals surface area contributed by atoms with Gasteiger partial charge in [-0.05, 0) is 26.0 Å². The van der Waals surface area contributed by atoms with Crippen molar-refractivity contribution < 1.29 is 54.0 Å². The van der Waals surface area contributed by atoms with Gasteiger partial charge in [0.2, 0.25) is 11.5 Å². The molecule has 0 radical (unpaired) electrons. The van der Waals surface area contributed by atoms with Crippen LogP contribution in [0, 0.1) is 0 Å². The number of phenolic OH excluding ortho intramolecular Hbond substituents is 2. The molecular weight excluding hydrogens is 768 g/mol. The number of fused-ring (bicyclic) bond motifs is 1. The zero-order chi connectivity index (χ0) is 38.0. The van der Waals surface area contributed by atoms with Crippen molar-refractivity contribution in [3.63, 3.8) is 0 Å². The number of morpholine rings is 1. The second kappa shape index (κ2) is 15.6. The average Bonchev–Trinajstić information content (AvgIpc) is 3.70. The summed E-state index contributed by atoms with van der Waals surface area (Å²) in [5, 5.41) is 55.0. The number of β-lactam (4-membered cyclic amide) rings is 1. The predicted molar refractivity (Wildman–Crippen MR) is 190 cm³/mol. The minimum absolute atomic E-state index is 0.0241. The van der Waals surface area contributed by atoms with Crippen LogP contribution in [0.3, 0.4) is 0 Å². The van der Waals surface area contributed by atoms with E-state index in [1.807, 2.05) is 0 Å². The van der Waals surface area contributed by atoms with Gasteiger partial charge in [0, 0.05) is 23.2 Å². The molecule has 3 atom stereocenters. The third-order valence-electron chi connectivity index (χ3n) is 7.82. The Morgan fingerprint density at radius 2 is 1.90 bits per heavy atom. The van der Waals surface area contributed by atoms with Crippen LogP contribution in [0.4, 0.5) is 5.13 Å². The lowest BCUT2D eigenvalue weighted by molar-refractivity contribution is -0.161. The number of rotatable bonds is 14. The number of oxime groups is 1. The minimum atomic E-state index is -1.81. The number of halogens is 1. The first-order valence-electron chi connectivity index (χ1n) is 15.3. The molecule has 52 heavy (non-hydrogen) atoms. The van der Waals surface area contributed by atoms with Crippen molar-refractivity contribution >= 4 is 92.7 Å². The van der Waals surface area contributed by atoms with Crippen LogP contribution in [-0.4, -0.2) is 143 Å². The Hall–Kier alpha value is -4.51. The number of hydrogen-bond donors (Lipinski definition) is 7. The van der Waals surface area contributed by atoms with Crippen LogP contribution in [-0.2, 0) is 33.5 Å². The summed E-state index contributed by atoms with van der Waals surface area (Å²) in [6, 6.07) is 1.35. The van der Waals surface area contributed by atoms with E-state index in [4.69, 9.17) is 26.9 Å². The van der Waals surface area contributed by atoms with Crippen molar-refractivity contribution in [3.05, 3.63) is 33.8 Å². The summed E-state index contributed by atoms with van der Waals surface area (Å²) in [5.41, 5.74) is 3.34. The molecule has 2 aromatic rings. The van der Waals surface area contributed by atoms with Gasteiger partial charge < -0.3 is 51.3 Å². The maximum absolute atomic E-state index is 13.4. The number of nitrogens with zero attached hydrogens (tertiary/aromatic N) is 5. The highest BCUT2D eigenvalue weighted by atomic mass is 35.5. The van der Waals surface area contributed by atoms with Crippen molar-refractivity contribution in [2.24, 2.45) is 10.3 Å². The Kier molecular flexibility index (Phi) is 11.6. The molecule has 3 aliphatic rings. The first-order valence-corrected chi connectivity index (χ1v) is 18.4. The van der Waals surface area contributed by atoms with E-state index in [1.54, 1.807) is 5.01 Å². The molecule has 0 spiro atoms. The summed E-state index contributed by atoms with van der Waals surface area (Å²) >= 11 is 9.16. The van der Waals surface area contributed by atoms with Gasteiger partial charge in [-0.15, -0.1) is 34.9 Å². The van der Waals surface area contributed by atoms with Gasteiger partial charge in [0.05, 0.1) is 37.9 Å². The lowest BCUT2D eigenvalue weighted by Crippen LogP contribution is -2.68. The fourth-order valence-electron chi connectivity index (χ4n) is 4.90. The smallest absolute Gasteiger partial charge is 0.350 e. The summed E-state index contributed by atoms with van der Waals surface area (Å²) in [6.07, 6.45) is 0. The molecule has 3 amide bonds. The van der Waals surface area contributed by atoms with Gasteiger partial charge in [-0.1, -0.05) is 16.8 Å². The van der Waals surface area contributed by atoms with Crippen LogP contribution in [0.2, 0.25) is 5.02 Å². The summed E-state index contributed by atoms with van der Waals surface area (Å²) in [5.74, 6) is -5.78. The molecular formula is C29H33ClN8O11S3. The number of aromatic hydroxyl groups is 2. The fourth-order valence-corrected chi connectivity index (χ4v) is 8.73. The zero-order valence-corrected chi connectivity index (χ0v) is 30.6. The molecule has 19 nitrogen and oxygen atoms in total. The lowest BCUT2D eigenvalue weighted by atomic mass is 10.1. The van der Waals surface area contributed by atoms with Gasteiger partial charge >= 0.3 is 11.9 Å². The number of ether oxygens (including phenoxy) is 1. The van der Waals surface area contributed by atoms with E-state index in [1.165, 1.54) is 36.3 Å². The molecule has 5 rings (SSSR count). The molecule has 3 fully saturated rings. The van der Waals surface area contributed by atoms with Crippen LogP contribution >= 0.6 is 46.5 Å². The number of nitrogen functional groups attached to an aromatic ring is 1. The highest BCUT2D eigenvalue weighted by Gasteiger charge is 2.62.